The zero-order valence-corrected chi connectivity index (χ0v) is 11.4. The van der Waals surface area contributed by atoms with Crippen LogP contribution in [0.4, 0.5) is 5.69 Å². The fourth-order valence-corrected chi connectivity index (χ4v) is 1.85. The molecule has 100 valence electrons. The summed E-state index contributed by atoms with van der Waals surface area (Å²) in [5.74, 6) is 0. The van der Waals surface area contributed by atoms with Crippen molar-refractivity contribution in [1.82, 2.24) is 0 Å². The maximum absolute atomic E-state index is 6.01. The number of methoxy groups -OCH3 is 1. The van der Waals surface area contributed by atoms with Gasteiger partial charge in [-0.15, -0.1) is 6.58 Å². The monoisotopic (exact) mass is 248 g/mol. The maximum atomic E-state index is 6.01. The van der Waals surface area contributed by atoms with Crippen molar-refractivity contribution in [3.8, 4) is 0 Å². The summed E-state index contributed by atoms with van der Waals surface area (Å²) in [6, 6.07) is 8.57. The van der Waals surface area contributed by atoms with Gasteiger partial charge in [0.25, 0.3) is 0 Å². The topological polar surface area (TPSA) is 38.5 Å². The van der Waals surface area contributed by atoms with Gasteiger partial charge < -0.3 is 15.4 Å². The van der Waals surface area contributed by atoms with Crippen molar-refractivity contribution in [2.45, 2.75) is 19.4 Å². The normalized spacial score (nSPS) is 12.2. The Labute approximate surface area is 110 Å². The fourth-order valence-electron chi connectivity index (χ4n) is 1.85. The number of nitrogens with two attached hydrogens (primary N) is 1. The van der Waals surface area contributed by atoms with Crippen molar-refractivity contribution in [3.63, 3.8) is 0 Å². The van der Waals surface area contributed by atoms with E-state index in [1.807, 2.05) is 6.08 Å². The van der Waals surface area contributed by atoms with Crippen molar-refractivity contribution >= 4 is 5.69 Å². The molecule has 1 aromatic carbocycles. The summed E-state index contributed by atoms with van der Waals surface area (Å²) in [5.41, 5.74) is 8.38. The highest BCUT2D eigenvalue weighted by Gasteiger charge is 2.06. The number of hydrogen-bond donors (Lipinski definition) is 1. The number of nitrogens with zero attached hydrogens (tertiary/aromatic N) is 1. The molecule has 3 heteroatoms. The second kappa shape index (κ2) is 7.90. The van der Waals surface area contributed by atoms with Crippen molar-refractivity contribution in [2.75, 3.05) is 31.7 Å². The van der Waals surface area contributed by atoms with E-state index in [9.17, 15) is 0 Å². The third-order valence-electron chi connectivity index (χ3n) is 3.04. The number of anilines is 1. The highest BCUT2D eigenvalue weighted by molar-refractivity contribution is 5.48. The first-order valence-electron chi connectivity index (χ1n) is 6.43. The average molecular weight is 248 g/mol. The lowest BCUT2D eigenvalue weighted by atomic mass is 10.1. The Morgan fingerprint density at radius 3 is 2.56 bits per heavy atom. The SMILES string of the molecule is C=CCN(CCOC)c1ccc([C@@H](N)CC)cc1. The molecule has 2 N–H and O–H groups in total. The van der Waals surface area contributed by atoms with Gasteiger partial charge in [-0.25, -0.2) is 0 Å². The second-order valence-corrected chi connectivity index (χ2v) is 4.33. The summed E-state index contributed by atoms with van der Waals surface area (Å²) >= 11 is 0. The molecule has 3 nitrogen and oxygen atoms in total. The van der Waals surface area contributed by atoms with Crippen molar-refractivity contribution in [3.05, 3.63) is 42.5 Å². The molecule has 0 aliphatic carbocycles. The highest BCUT2D eigenvalue weighted by atomic mass is 16.5. The predicted molar refractivity (Wildman–Crippen MR) is 77.9 cm³/mol. The molecule has 0 heterocycles. The number of hydrogen-bond acceptors (Lipinski definition) is 3. The second-order valence-electron chi connectivity index (χ2n) is 4.33. The van der Waals surface area contributed by atoms with Gasteiger partial charge in [0.2, 0.25) is 0 Å². The first kappa shape index (κ1) is 14.7. The lowest BCUT2D eigenvalue weighted by Crippen LogP contribution is -2.27. The van der Waals surface area contributed by atoms with Crippen molar-refractivity contribution in [1.29, 1.82) is 0 Å². The predicted octanol–water partition coefficient (Wildman–Crippen LogP) is 2.74. The highest BCUT2D eigenvalue weighted by Crippen LogP contribution is 2.19. The molecule has 0 aliphatic heterocycles. The van der Waals surface area contributed by atoms with Crippen LogP contribution in [0.2, 0.25) is 0 Å². The van der Waals surface area contributed by atoms with Gasteiger partial charge in [0.1, 0.15) is 0 Å². The number of benzene rings is 1. The summed E-state index contributed by atoms with van der Waals surface area (Å²) in [6.45, 7) is 8.29. The van der Waals surface area contributed by atoms with E-state index in [2.05, 4.69) is 42.7 Å². The molecule has 1 aromatic rings. The van der Waals surface area contributed by atoms with Crippen LogP contribution >= 0.6 is 0 Å². The largest absolute Gasteiger partial charge is 0.383 e. The summed E-state index contributed by atoms with van der Waals surface area (Å²) in [7, 11) is 1.72. The number of ether oxygens (including phenoxy) is 1. The van der Waals surface area contributed by atoms with Gasteiger partial charge in [-0.1, -0.05) is 25.1 Å². The molecule has 0 bridgehead atoms. The van der Waals surface area contributed by atoms with E-state index in [0.717, 1.165) is 19.5 Å². The first-order chi connectivity index (χ1) is 8.72. The minimum Gasteiger partial charge on any atom is -0.383 e. The molecular formula is C15H24N2O. The lowest BCUT2D eigenvalue weighted by Gasteiger charge is -2.23. The maximum Gasteiger partial charge on any atom is 0.0637 e. The van der Waals surface area contributed by atoms with Crippen LogP contribution in [0, 0.1) is 0 Å². The first-order valence-corrected chi connectivity index (χ1v) is 6.43. The Morgan fingerprint density at radius 1 is 1.39 bits per heavy atom. The zero-order valence-electron chi connectivity index (χ0n) is 11.4. The minimum absolute atomic E-state index is 0.130. The molecule has 1 atom stereocenters. The van der Waals surface area contributed by atoms with Gasteiger partial charge in [0.15, 0.2) is 0 Å². The van der Waals surface area contributed by atoms with Gasteiger partial charge in [-0.3, -0.25) is 0 Å². The van der Waals surface area contributed by atoms with E-state index in [-0.39, 0.29) is 6.04 Å². The van der Waals surface area contributed by atoms with Crippen LogP contribution < -0.4 is 10.6 Å². The van der Waals surface area contributed by atoms with Gasteiger partial charge in [0.05, 0.1) is 6.61 Å². The van der Waals surface area contributed by atoms with E-state index in [0.29, 0.717) is 6.61 Å². The molecule has 0 unspecified atom stereocenters. The van der Waals surface area contributed by atoms with Crippen molar-refractivity contribution in [2.24, 2.45) is 5.73 Å². The Bertz CT molecular complexity index is 348. The molecule has 18 heavy (non-hydrogen) atoms. The third kappa shape index (κ3) is 4.17. The molecule has 0 spiro atoms. The van der Waals surface area contributed by atoms with E-state index < -0.39 is 0 Å². The van der Waals surface area contributed by atoms with Crippen LogP contribution in [0.5, 0.6) is 0 Å². The fraction of sp³-hybridized carbons (Fsp3) is 0.467. The molecule has 1 rings (SSSR count). The Hall–Kier alpha value is -1.32. The van der Waals surface area contributed by atoms with Crippen molar-refractivity contribution < 1.29 is 4.74 Å². The minimum atomic E-state index is 0.130. The van der Waals surface area contributed by atoms with E-state index >= 15 is 0 Å². The summed E-state index contributed by atoms with van der Waals surface area (Å²) in [5, 5.41) is 0. The van der Waals surface area contributed by atoms with Gasteiger partial charge >= 0.3 is 0 Å². The molecule has 0 radical (unpaired) electrons. The Kier molecular flexibility index (Phi) is 6.47. The Balaban J connectivity index is 2.76. The molecule has 0 aromatic heterocycles. The van der Waals surface area contributed by atoms with Crippen LogP contribution in [0.3, 0.4) is 0 Å². The summed E-state index contributed by atoms with van der Waals surface area (Å²) in [6.07, 6.45) is 2.86. The molecule has 0 amide bonds. The van der Waals surface area contributed by atoms with Crippen LogP contribution in [0.15, 0.2) is 36.9 Å². The van der Waals surface area contributed by atoms with Crippen LogP contribution in [-0.4, -0.2) is 26.8 Å². The molecule has 0 saturated carbocycles. The van der Waals surface area contributed by atoms with Crippen LogP contribution in [0.1, 0.15) is 24.9 Å². The van der Waals surface area contributed by atoms with E-state index in [1.165, 1.54) is 11.3 Å². The lowest BCUT2D eigenvalue weighted by molar-refractivity contribution is 0.206. The van der Waals surface area contributed by atoms with E-state index in [1.54, 1.807) is 7.11 Å². The summed E-state index contributed by atoms with van der Waals surface area (Å²) in [4.78, 5) is 2.23. The smallest absolute Gasteiger partial charge is 0.0637 e. The zero-order chi connectivity index (χ0) is 13.4. The average Bonchev–Trinajstić information content (AvgIpc) is 2.43. The van der Waals surface area contributed by atoms with Gasteiger partial charge in [-0.05, 0) is 24.1 Å². The van der Waals surface area contributed by atoms with Gasteiger partial charge in [-0.2, -0.15) is 0 Å². The molecule has 0 fully saturated rings. The van der Waals surface area contributed by atoms with Crippen LogP contribution in [-0.2, 0) is 4.74 Å². The van der Waals surface area contributed by atoms with E-state index in [4.69, 9.17) is 10.5 Å². The quantitative estimate of drug-likeness (QED) is 0.719. The standard InChI is InChI=1S/C15H24N2O/c1-4-10-17(11-12-18-3)14-8-6-13(7-9-14)15(16)5-2/h4,6-9,15H,1,5,10-12,16H2,2-3H3/t15-/m0/s1. The number of rotatable bonds is 8. The van der Waals surface area contributed by atoms with Crippen LogP contribution in [0.25, 0.3) is 0 Å². The van der Waals surface area contributed by atoms with Gasteiger partial charge in [0, 0.05) is 31.9 Å². The molecule has 0 aliphatic rings. The molecule has 0 saturated heterocycles. The molecular weight excluding hydrogens is 224 g/mol. The third-order valence-corrected chi connectivity index (χ3v) is 3.04. The Morgan fingerprint density at radius 2 is 2.06 bits per heavy atom. The summed E-state index contributed by atoms with van der Waals surface area (Å²) < 4.78 is 5.12.